The Balaban J connectivity index is 1.43. The van der Waals surface area contributed by atoms with E-state index in [0.717, 1.165) is 5.56 Å². The maximum atomic E-state index is 13.1. The van der Waals surface area contributed by atoms with Crippen molar-refractivity contribution >= 4 is 45.7 Å². The van der Waals surface area contributed by atoms with Gasteiger partial charge in [0.15, 0.2) is 16.1 Å². The van der Waals surface area contributed by atoms with Crippen LogP contribution in [0.1, 0.15) is 23.7 Å². The highest BCUT2D eigenvalue weighted by Gasteiger charge is 2.22. The summed E-state index contributed by atoms with van der Waals surface area (Å²) < 4.78 is 14.9. The second-order valence-electron chi connectivity index (χ2n) is 7.24. The number of carbonyl (C=O) groups excluding carboxylic acids is 2. The molecule has 2 heterocycles. The number of nitrogens with zero attached hydrogens (tertiary/aromatic N) is 4. The minimum atomic E-state index is -0.396. The van der Waals surface area contributed by atoms with Crippen LogP contribution in [-0.2, 0) is 11.8 Å². The van der Waals surface area contributed by atoms with Gasteiger partial charge in [-0.25, -0.2) is 9.37 Å². The number of carbonyl (C=O) groups is 2. The number of benzene rings is 2. The predicted octanol–water partition coefficient (Wildman–Crippen LogP) is 4.84. The van der Waals surface area contributed by atoms with E-state index in [1.54, 1.807) is 23.7 Å². The Morgan fingerprint density at radius 2 is 1.82 bits per heavy atom. The van der Waals surface area contributed by atoms with Crippen LogP contribution < -0.4 is 10.6 Å². The standard InChI is InChI=1S/C23H21FN6O2S2/c1-3-18(21(32)27-22-25-12-13-33-22)34-23-29-28-19(30(23)2)14-6-10-17(11-7-14)26-20(31)15-4-8-16(24)9-5-15/h4-13,18H,3H2,1-2H3,(H,26,31)(H,25,27,32)/t18-/m0/s1. The Kier molecular flexibility index (Phi) is 7.33. The molecule has 2 aromatic heterocycles. The molecule has 0 unspecified atom stereocenters. The van der Waals surface area contributed by atoms with Gasteiger partial charge in [-0.2, -0.15) is 0 Å². The van der Waals surface area contributed by atoms with E-state index >= 15 is 0 Å². The molecule has 2 N–H and O–H groups in total. The summed E-state index contributed by atoms with van der Waals surface area (Å²) in [6.45, 7) is 1.94. The van der Waals surface area contributed by atoms with E-state index < -0.39 is 5.82 Å². The minimum absolute atomic E-state index is 0.131. The lowest BCUT2D eigenvalue weighted by atomic mass is 10.1. The molecule has 4 rings (SSSR count). The number of hydrogen-bond acceptors (Lipinski definition) is 7. The van der Waals surface area contributed by atoms with Crippen LogP contribution in [0.15, 0.2) is 65.3 Å². The second kappa shape index (κ2) is 10.6. The van der Waals surface area contributed by atoms with Crippen molar-refractivity contribution in [2.75, 3.05) is 10.6 Å². The highest BCUT2D eigenvalue weighted by Crippen LogP contribution is 2.28. The van der Waals surface area contributed by atoms with Crippen molar-refractivity contribution in [1.82, 2.24) is 19.7 Å². The Labute approximate surface area is 203 Å². The van der Waals surface area contributed by atoms with Crippen LogP contribution in [0.3, 0.4) is 0 Å². The van der Waals surface area contributed by atoms with Gasteiger partial charge in [0.25, 0.3) is 5.91 Å². The van der Waals surface area contributed by atoms with E-state index in [1.165, 1.54) is 47.4 Å². The van der Waals surface area contributed by atoms with Gasteiger partial charge >= 0.3 is 0 Å². The Morgan fingerprint density at radius 3 is 2.47 bits per heavy atom. The summed E-state index contributed by atoms with van der Waals surface area (Å²) in [5.41, 5.74) is 1.77. The number of nitrogens with one attached hydrogen (secondary N) is 2. The number of amides is 2. The van der Waals surface area contributed by atoms with Gasteiger partial charge in [-0.05, 0) is 55.0 Å². The fourth-order valence-electron chi connectivity index (χ4n) is 3.10. The van der Waals surface area contributed by atoms with E-state index in [9.17, 15) is 14.0 Å². The van der Waals surface area contributed by atoms with Gasteiger partial charge in [0.05, 0.1) is 5.25 Å². The monoisotopic (exact) mass is 496 g/mol. The summed E-state index contributed by atoms with van der Waals surface area (Å²) in [5.74, 6) is -0.221. The van der Waals surface area contributed by atoms with Gasteiger partial charge in [-0.3, -0.25) is 9.59 Å². The molecule has 174 valence electrons. The summed E-state index contributed by atoms with van der Waals surface area (Å²) in [6, 6.07) is 12.5. The average molecular weight is 497 g/mol. The summed E-state index contributed by atoms with van der Waals surface area (Å²) in [6.07, 6.45) is 2.26. The van der Waals surface area contributed by atoms with Crippen LogP contribution in [0.4, 0.5) is 15.2 Å². The lowest BCUT2D eigenvalue weighted by Gasteiger charge is -2.13. The summed E-state index contributed by atoms with van der Waals surface area (Å²) in [5, 5.41) is 16.8. The van der Waals surface area contributed by atoms with Crippen molar-refractivity contribution in [3.05, 3.63) is 71.5 Å². The van der Waals surface area contributed by atoms with Gasteiger partial charge in [0.2, 0.25) is 5.91 Å². The molecule has 34 heavy (non-hydrogen) atoms. The van der Waals surface area contributed by atoms with Crippen LogP contribution >= 0.6 is 23.1 Å². The first kappa shape index (κ1) is 23.6. The van der Waals surface area contributed by atoms with Gasteiger partial charge in [0, 0.05) is 35.4 Å². The van der Waals surface area contributed by atoms with Crippen molar-refractivity contribution in [2.24, 2.45) is 7.05 Å². The molecule has 0 bridgehead atoms. The molecule has 1 atom stereocenters. The van der Waals surface area contributed by atoms with Crippen LogP contribution in [0, 0.1) is 5.82 Å². The molecule has 8 nitrogen and oxygen atoms in total. The highest BCUT2D eigenvalue weighted by atomic mass is 32.2. The smallest absolute Gasteiger partial charge is 0.255 e. The Hall–Kier alpha value is -3.57. The first-order chi connectivity index (χ1) is 16.4. The third-order valence-corrected chi connectivity index (χ3v) is 7.00. The number of rotatable bonds is 8. The van der Waals surface area contributed by atoms with Gasteiger partial charge in [-0.1, -0.05) is 18.7 Å². The molecule has 2 aromatic carbocycles. The van der Waals surface area contributed by atoms with Crippen LogP contribution in [0.5, 0.6) is 0 Å². The van der Waals surface area contributed by atoms with Crippen molar-refractivity contribution in [3.8, 4) is 11.4 Å². The fraction of sp³-hybridized carbons (Fsp3) is 0.174. The van der Waals surface area contributed by atoms with Crippen LogP contribution in [-0.4, -0.2) is 36.8 Å². The molecule has 0 aliphatic heterocycles. The van der Waals surface area contributed by atoms with Crippen LogP contribution in [0.25, 0.3) is 11.4 Å². The number of thioether (sulfide) groups is 1. The maximum absolute atomic E-state index is 13.1. The molecular weight excluding hydrogens is 475 g/mol. The number of thiazole rings is 1. The second-order valence-corrected chi connectivity index (χ2v) is 9.31. The third kappa shape index (κ3) is 5.49. The number of hydrogen-bond donors (Lipinski definition) is 2. The number of halogens is 1. The van der Waals surface area contributed by atoms with E-state index in [0.29, 0.717) is 33.8 Å². The lowest BCUT2D eigenvalue weighted by molar-refractivity contribution is -0.115. The molecule has 0 radical (unpaired) electrons. The van der Waals surface area contributed by atoms with Crippen molar-refractivity contribution in [3.63, 3.8) is 0 Å². The van der Waals surface area contributed by atoms with Gasteiger partial charge < -0.3 is 15.2 Å². The molecular formula is C23H21FN6O2S2. The Bertz CT molecular complexity index is 1270. The van der Waals surface area contributed by atoms with E-state index in [2.05, 4.69) is 25.8 Å². The summed E-state index contributed by atoms with van der Waals surface area (Å²) in [4.78, 5) is 29.0. The first-order valence-electron chi connectivity index (χ1n) is 10.4. The molecule has 0 saturated carbocycles. The normalized spacial score (nSPS) is 11.7. The quantitative estimate of drug-likeness (QED) is 0.339. The topological polar surface area (TPSA) is 102 Å². The SMILES string of the molecule is CC[C@H](Sc1nnc(-c2ccc(NC(=O)c3ccc(F)cc3)cc2)n1C)C(=O)Nc1nccs1. The largest absolute Gasteiger partial charge is 0.322 e. The first-order valence-corrected chi connectivity index (χ1v) is 12.1. The summed E-state index contributed by atoms with van der Waals surface area (Å²) in [7, 11) is 1.84. The molecule has 4 aromatic rings. The third-order valence-electron chi connectivity index (χ3n) is 4.92. The van der Waals surface area contributed by atoms with Crippen molar-refractivity contribution in [1.29, 1.82) is 0 Å². The minimum Gasteiger partial charge on any atom is -0.322 e. The van der Waals surface area contributed by atoms with Crippen molar-refractivity contribution < 1.29 is 14.0 Å². The molecule has 0 saturated heterocycles. The molecule has 0 aliphatic rings. The zero-order valence-electron chi connectivity index (χ0n) is 18.4. The van der Waals surface area contributed by atoms with E-state index in [-0.39, 0.29) is 17.1 Å². The van der Waals surface area contributed by atoms with Crippen molar-refractivity contribution in [2.45, 2.75) is 23.8 Å². The van der Waals surface area contributed by atoms with E-state index in [4.69, 9.17) is 0 Å². The van der Waals surface area contributed by atoms with E-state index in [1.807, 2.05) is 30.7 Å². The van der Waals surface area contributed by atoms with Gasteiger partial charge in [0.1, 0.15) is 5.82 Å². The van der Waals surface area contributed by atoms with Crippen LogP contribution in [0.2, 0.25) is 0 Å². The molecule has 0 spiro atoms. The number of aromatic nitrogens is 4. The molecule has 0 aliphatic carbocycles. The molecule has 11 heteroatoms. The molecule has 2 amide bonds. The highest BCUT2D eigenvalue weighted by molar-refractivity contribution is 8.00. The Morgan fingerprint density at radius 1 is 1.09 bits per heavy atom. The fourth-order valence-corrected chi connectivity index (χ4v) is 4.55. The lowest BCUT2D eigenvalue weighted by Crippen LogP contribution is -2.24. The predicted molar refractivity (Wildman–Crippen MR) is 131 cm³/mol. The zero-order valence-corrected chi connectivity index (χ0v) is 20.0. The maximum Gasteiger partial charge on any atom is 0.255 e. The van der Waals surface area contributed by atoms with Gasteiger partial charge in [-0.15, -0.1) is 21.5 Å². The summed E-state index contributed by atoms with van der Waals surface area (Å²) >= 11 is 2.71. The zero-order chi connectivity index (χ0) is 24.1. The number of anilines is 2. The molecule has 0 fully saturated rings. The average Bonchev–Trinajstić information content (AvgIpc) is 3.48.